The molecule has 2 N–H and O–H groups in total. The molecule has 1 aromatic rings. The quantitative estimate of drug-likeness (QED) is 0.765. The predicted molar refractivity (Wildman–Crippen MR) is 79.1 cm³/mol. The topological polar surface area (TPSA) is 75.6 Å². The number of ether oxygens (including phenoxy) is 1. The fraction of sp³-hybridized carbons (Fsp3) is 0.429. The first-order valence-corrected chi connectivity index (χ1v) is 7.67. The molecule has 0 aliphatic rings. The van der Waals surface area contributed by atoms with Gasteiger partial charge in [0.05, 0.1) is 0 Å². The maximum Gasteiger partial charge on any atom is 0.326 e. The molecule has 0 fully saturated rings. The van der Waals surface area contributed by atoms with Gasteiger partial charge in [-0.25, -0.2) is 4.79 Å². The molecule has 5 nitrogen and oxygen atoms in total. The van der Waals surface area contributed by atoms with Crippen molar-refractivity contribution < 1.29 is 19.4 Å². The average Bonchev–Trinajstić information content (AvgIpc) is 2.43. The highest BCUT2D eigenvalue weighted by Crippen LogP contribution is 2.11. The van der Waals surface area contributed by atoms with E-state index in [2.05, 4.69) is 5.32 Å². The second-order valence-electron chi connectivity index (χ2n) is 4.25. The lowest BCUT2D eigenvalue weighted by Gasteiger charge is -2.18. The number of carbonyl (C=O) groups is 2. The zero-order chi connectivity index (χ0) is 15.0. The zero-order valence-electron chi connectivity index (χ0n) is 11.5. The van der Waals surface area contributed by atoms with Gasteiger partial charge in [0, 0.05) is 0 Å². The molecule has 110 valence electrons. The first kappa shape index (κ1) is 16.4. The molecule has 0 radical (unpaired) electrons. The number of nitrogens with one attached hydrogen (secondary N) is 1. The first-order chi connectivity index (χ1) is 9.54. The Hall–Kier alpha value is -1.69. The van der Waals surface area contributed by atoms with Gasteiger partial charge < -0.3 is 15.2 Å². The van der Waals surface area contributed by atoms with E-state index in [4.69, 9.17) is 9.84 Å². The Morgan fingerprint density at radius 2 is 2.00 bits per heavy atom. The summed E-state index contributed by atoms with van der Waals surface area (Å²) in [6.07, 6.45) is 1.54. The first-order valence-electron chi connectivity index (χ1n) is 6.28. The Bertz CT molecular complexity index is 438. The van der Waals surface area contributed by atoms with Crippen LogP contribution in [-0.4, -0.2) is 41.1 Å². The summed E-state index contributed by atoms with van der Waals surface area (Å²) in [4.78, 5) is 23.0. The van der Waals surface area contributed by atoms with E-state index in [0.29, 0.717) is 17.9 Å². The van der Waals surface area contributed by atoms with E-state index in [9.17, 15) is 9.59 Å². The number of para-hydroxylation sites is 1. The smallest absolute Gasteiger partial charge is 0.326 e. The molecule has 2 atom stereocenters. The highest BCUT2D eigenvalue weighted by atomic mass is 32.2. The van der Waals surface area contributed by atoms with Gasteiger partial charge in [0.15, 0.2) is 6.10 Å². The molecule has 20 heavy (non-hydrogen) atoms. The summed E-state index contributed by atoms with van der Waals surface area (Å²) in [6.45, 7) is 1.59. The number of carbonyl (C=O) groups excluding carboxylic acids is 1. The van der Waals surface area contributed by atoms with E-state index in [1.54, 1.807) is 31.2 Å². The molecule has 2 unspecified atom stereocenters. The molecule has 0 aliphatic heterocycles. The zero-order valence-corrected chi connectivity index (χ0v) is 12.4. The van der Waals surface area contributed by atoms with E-state index in [-0.39, 0.29) is 0 Å². The normalized spacial score (nSPS) is 13.3. The number of carboxylic acid groups (broad SMARTS) is 1. The van der Waals surface area contributed by atoms with E-state index < -0.39 is 24.0 Å². The second-order valence-corrected chi connectivity index (χ2v) is 5.24. The SMILES string of the molecule is CSCCC(NC(=O)C(C)Oc1ccccc1)C(=O)O. The Morgan fingerprint density at radius 1 is 1.35 bits per heavy atom. The lowest BCUT2D eigenvalue weighted by molar-refractivity contribution is -0.142. The number of thioether (sulfide) groups is 1. The van der Waals surface area contributed by atoms with Crippen molar-refractivity contribution in [2.75, 3.05) is 12.0 Å². The number of amides is 1. The van der Waals surface area contributed by atoms with Crippen molar-refractivity contribution in [3.05, 3.63) is 30.3 Å². The van der Waals surface area contributed by atoms with E-state index in [1.165, 1.54) is 11.8 Å². The standard InChI is InChI=1S/C14H19NO4S/c1-10(19-11-6-4-3-5-7-11)13(16)15-12(14(17)18)8-9-20-2/h3-7,10,12H,8-9H2,1-2H3,(H,15,16)(H,17,18). The molecule has 0 aliphatic carbocycles. The summed E-state index contributed by atoms with van der Waals surface area (Å²) in [5.41, 5.74) is 0. The summed E-state index contributed by atoms with van der Waals surface area (Å²) in [5, 5.41) is 11.5. The number of rotatable bonds is 8. The number of carboxylic acids is 1. The van der Waals surface area contributed by atoms with Gasteiger partial charge in [0.2, 0.25) is 0 Å². The largest absolute Gasteiger partial charge is 0.481 e. The van der Waals surface area contributed by atoms with Crippen LogP contribution in [0, 0.1) is 0 Å². The molecule has 0 aromatic heterocycles. The number of aliphatic carboxylic acids is 1. The third kappa shape index (κ3) is 5.52. The van der Waals surface area contributed by atoms with Crippen LogP contribution >= 0.6 is 11.8 Å². The van der Waals surface area contributed by atoms with Gasteiger partial charge >= 0.3 is 5.97 Å². The van der Waals surface area contributed by atoms with Gasteiger partial charge in [-0.3, -0.25) is 4.79 Å². The summed E-state index contributed by atoms with van der Waals surface area (Å²) < 4.78 is 5.45. The van der Waals surface area contributed by atoms with Crippen LogP contribution in [0.4, 0.5) is 0 Å². The Morgan fingerprint density at radius 3 is 2.55 bits per heavy atom. The summed E-state index contributed by atoms with van der Waals surface area (Å²) >= 11 is 1.54. The number of benzene rings is 1. The lowest BCUT2D eigenvalue weighted by Crippen LogP contribution is -2.46. The van der Waals surface area contributed by atoms with Crippen LogP contribution in [0.3, 0.4) is 0 Å². The molecule has 1 rings (SSSR count). The van der Waals surface area contributed by atoms with E-state index in [0.717, 1.165) is 0 Å². The molecule has 0 saturated carbocycles. The minimum Gasteiger partial charge on any atom is -0.481 e. The van der Waals surface area contributed by atoms with Crippen molar-refractivity contribution in [1.82, 2.24) is 5.32 Å². The fourth-order valence-electron chi connectivity index (χ4n) is 1.54. The third-order valence-corrected chi connectivity index (χ3v) is 3.29. The molecular weight excluding hydrogens is 278 g/mol. The van der Waals surface area contributed by atoms with Gasteiger partial charge in [0.25, 0.3) is 5.91 Å². The molecule has 6 heteroatoms. The molecule has 1 aromatic carbocycles. The summed E-state index contributed by atoms with van der Waals surface area (Å²) in [6, 6.07) is 8.06. The Kier molecular flexibility index (Phi) is 6.93. The number of hydrogen-bond donors (Lipinski definition) is 2. The average molecular weight is 297 g/mol. The fourth-order valence-corrected chi connectivity index (χ4v) is 2.01. The molecular formula is C14H19NO4S. The molecule has 0 bridgehead atoms. The van der Waals surface area contributed by atoms with Crippen LogP contribution < -0.4 is 10.1 Å². The highest BCUT2D eigenvalue weighted by molar-refractivity contribution is 7.98. The van der Waals surface area contributed by atoms with Crippen LogP contribution in [0.25, 0.3) is 0 Å². The molecule has 0 saturated heterocycles. The monoisotopic (exact) mass is 297 g/mol. The predicted octanol–water partition coefficient (Wildman–Crippen LogP) is 1.78. The maximum atomic E-state index is 11.9. The minimum atomic E-state index is -1.03. The second kappa shape index (κ2) is 8.47. The third-order valence-electron chi connectivity index (χ3n) is 2.65. The minimum absolute atomic E-state index is 0.389. The number of hydrogen-bond acceptors (Lipinski definition) is 4. The van der Waals surface area contributed by atoms with Crippen LogP contribution in [-0.2, 0) is 9.59 Å². The lowest BCUT2D eigenvalue weighted by atomic mass is 10.2. The van der Waals surface area contributed by atoms with Gasteiger partial charge in [0.1, 0.15) is 11.8 Å². The Labute approximate surface area is 122 Å². The van der Waals surface area contributed by atoms with E-state index in [1.807, 2.05) is 12.3 Å². The van der Waals surface area contributed by atoms with E-state index >= 15 is 0 Å². The van der Waals surface area contributed by atoms with Gasteiger partial charge in [-0.2, -0.15) is 11.8 Å². The van der Waals surface area contributed by atoms with Gasteiger partial charge in [-0.05, 0) is 37.5 Å². The van der Waals surface area contributed by atoms with Crippen LogP contribution in [0.5, 0.6) is 5.75 Å². The van der Waals surface area contributed by atoms with Gasteiger partial charge in [-0.1, -0.05) is 18.2 Å². The molecule has 0 heterocycles. The van der Waals surface area contributed by atoms with Crippen molar-refractivity contribution in [2.24, 2.45) is 0 Å². The van der Waals surface area contributed by atoms with Crippen LogP contribution in [0.15, 0.2) is 30.3 Å². The van der Waals surface area contributed by atoms with Crippen molar-refractivity contribution in [3.8, 4) is 5.75 Å². The van der Waals surface area contributed by atoms with Crippen molar-refractivity contribution in [3.63, 3.8) is 0 Å². The highest BCUT2D eigenvalue weighted by Gasteiger charge is 2.23. The summed E-state index contributed by atoms with van der Waals surface area (Å²) in [5.74, 6) is -0.210. The summed E-state index contributed by atoms with van der Waals surface area (Å²) in [7, 11) is 0. The van der Waals surface area contributed by atoms with Crippen molar-refractivity contribution in [1.29, 1.82) is 0 Å². The van der Waals surface area contributed by atoms with Crippen molar-refractivity contribution in [2.45, 2.75) is 25.5 Å². The Balaban J connectivity index is 2.53. The van der Waals surface area contributed by atoms with Crippen LogP contribution in [0.1, 0.15) is 13.3 Å². The van der Waals surface area contributed by atoms with Gasteiger partial charge in [-0.15, -0.1) is 0 Å². The molecule has 0 spiro atoms. The van der Waals surface area contributed by atoms with Crippen molar-refractivity contribution >= 4 is 23.6 Å². The van der Waals surface area contributed by atoms with Crippen LogP contribution in [0.2, 0.25) is 0 Å². The molecule has 1 amide bonds. The maximum absolute atomic E-state index is 11.9.